The second-order valence-electron chi connectivity index (χ2n) is 5.66. The lowest BCUT2D eigenvalue weighted by Gasteiger charge is -2.34. The lowest BCUT2D eigenvalue weighted by atomic mass is 10.1. The van der Waals surface area contributed by atoms with Gasteiger partial charge in [-0.3, -0.25) is 4.79 Å². The van der Waals surface area contributed by atoms with Crippen LogP contribution >= 0.6 is 0 Å². The molecule has 1 saturated heterocycles. The zero-order valence-corrected chi connectivity index (χ0v) is 12.8. The van der Waals surface area contributed by atoms with Gasteiger partial charge in [-0.05, 0) is 39.4 Å². The van der Waals surface area contributed by atoms with Gasteiger partial charge >= 0.3 is 0 Å². The molecular formula is C16H24N2O2. The number of piperazine rings is 1. The zero-order valence-electron chi connectivity index (χ0n) is 12.8. The van der Waals surface area contributed by atoms with Gasteiger partial charge in [0.05, 0.1) is 0 Å². The third-order valence-electron chi connectivity index (χ3n) is 3.80. The highest BCUT2D eigenvalue weighted by atomic mass is 16.5. The van der Waals surface area contributed by atoms with Crippen molar-refractivity contribution in [2.24, 2.45) is 0 Å². The van der Waals surface area contributed by atoms with Gasteiger partial charge in [0.15, 0.2) is 6.10 Å². The predicted octanol–water partition coefficient (Wildman–Crippen LogP) is 1.84. The van der Waals surface area contributed by atoms with Gasteiger partial charge in [-0.25, -0.2) is 0 Å². The van der Waals surface area contributed by atoms with Crippen LogP contribution in [-0.4, -0.2) is 55.0 Å². The van der Waals surface area contributed by atoms with E-state index < -0.39 is 6.10 Å². The number of carbonyl (C=O) groups is 1. The number of nitrogens with zero attached hydrogens (tertiary/aromatic N) is 2. The molecule has 1 aromatic rings. The van der Waals surface area contributed by atoms with E-state index in [9.17, 15) is 4.79 Å². The summed E-state index contributed by atoms with van der Waals surface area (Å²) in [4.78, 5) is 16.5. The number of likely N-dealkylation sites (N-methyl/N-ethyl adjacent to an activating group) is 1. The average molecular weight is 276 g/mol. The molecule has 0 aliphatic carbocycles. The molecule has 1 amide bonds. The van der Waals surface area contributed by atoms with Gasteiger partial charge in [0, 0.05) is 26.2 Å². The molecule has 0 bridgehead atoms. The van der Waals surface area contributed by atoms with Gasteiger partial charge in [0.25, 0.3) is 5.91 Å². The van der Waals surface area contributed by atoms with Gasteiger partial charge in [-0.1, -0.05) is 17.7 Å². The highest BCUT2D eigenvalue weighted by Crippen LogP contribution is 2.20. The minimum absolute atomic E-state index is 0.0816. The van der Waals surface area contributed by atoms with Crippen molar-refractivity contribution in [3.05, 3.63) is 29.3 Å². The second kappa shape index (κ2) is 6.27. The van der Waals surface area contributed by atoms with Crippen LogP contribution in [0.15, 0.2) is 18.2 Å². The summed E-state index contributed by atoms with van der Waals surface area (Å²) in [7, 11) is 2.08. The number of aryl methyl sites for hydroxylation is 2. The molecule has 4 nitrogen and oxygen atoms in total. The van der Waals surface area contributed by atoms with Crippen molar-refractivity contribution in [3.8, 4) is 5.75 Å². The van der Waals surface area contributed by atoms with E-state index in [-0.39, 0.29) is 5.91 Å². The Hall–Kier alpha value is -1.55. The predicted molar refractivity (Wildman–Crippen MR) is 80.1 cm³/mol. The summed E-state index contributed by atoms with van der Waals surface area (Å²) >= 11 is 0. The highest BCUT2D eigenvalue weighted by Gasteiger charge is 2.25. The topological polar surface area (TPSA) is 32.8 Å². The molecule has 20 heavy (non-hydrogen) atoms. The van der Waals surface area contributed by atoms with Crippen LogP contribution < -0.4 is 4.74 Å². The van der Waals surface area contributed by atoms with Crippen molar-refractivity contribution in [1.29, 1.82) is 0 Å². The number of ether oxygens (including phenoxy) is 1. The van der Waals surface area contributed by atoms with E-state index in [1.165, 1.54) is 5.56 Å². The molecular weight excluding hydrogens is 252 g/mol. The van der Waals surface area contributed by atoms with E-state index in [4.69, 9.17) is 4.74 Å². The lowest BCUT2D eigenvalue weighted by Crippen LogP contribution is -2.50. The van der Waals surface area contributed by atoms with Crippen LogP contribution in [-0.2, 0) is 4.79 Å². The Kier molecular flexibility index (Phi) is 4.65. The molecule has 1 atom stereocenters. The van der Waals surface area contributed by atoms with Gasteiger partial charge in [0.2, 0.25) is 0 Å². The summed E-state index contributed by atoms with van der Waals surface area (Å²) in [5, 5.41) is 0. The first-order chi connectivity index (χ1) is 9.47. The molecule has 1 aromatic carbocycles. The Morgan fingerprint density at radius 3 is 2.45 bits per heavy atom. The van der Waals surface area contributed by atoms with Crippen molar-refractivity contribution < 1.29 is 9.53 Å². The first kappa shape index (κ1) is 14.9. The van der Waals surface area contributed by atoms with Crippen LogP contribution in [0.3, 0.4) is 0 Å². The van der Waals surface area contributed by atoms with Crippen molar-refractivity contribution in [1.82, 2.24) is 9.80 Å². The SMILES string of the molecule is Cc1ccc(OC(C)C(=O)N2CCN(C)CC2)c(C)c1. The highest BCUT2D eigenvalue weighted by molar-refractivity contribution is 5.81. The van der Waals surface area contributed by atoms with Crippen LogP contribution in [0.4, 0.5) is 0 Å². The molecule has 1 aliphatic heterocycles. The normalized spacial score (nSPS) is 17.9. The average Bonchev–Trinajstić information content (AvgIpc) is 2.42. The van der Waals surface area contributed by atoms with E-state index in [0.29, 0.717) is 0 Å². The Balaban J connectivity index is 1.97. The monoisotopic (exact) mass is 276 g/mol. The van der Waals surface area contributed by atoms with E-state index >= 15 is 0 Å². The lowest BCUT2D eigenvalue weighted by molar-refractivity contribution is -0.139. The fraction of sp³-hybridized carbons (Fsp3) is 0.562. The maximum atomic E-state index is 12.4. The Morgan fingerprint density at radius 2 is 1.85 bits per heavy atom. The third kappa shape index (κ3) is 3.51. The van der Waals surface area contributed by atoms with Crippen LogP contribution in [0.25, 0.3) is 0 Å². The number of rotatable bonds is 3. The van der Waals surface area contributed by atoms with Crippen molar-refractivity contribution in [2.45, 2.75) is 26.9 Å². The van der Waals surface area contributed by atoms with Crippen LogP contribution in [0.1, 0.15) is 18.1 Å². The maximum absolute atomic E-state index is 12.4. The summed E-state index contributed by atoms with van der Waals surface area (Å²) in [6.45, 7) is 9.33. The molecule has 0 radical (unpaired) electrons. The fourth-order valence-corrected chi connectivity index (χ4v) is 2.46. The van der Waals surface area contributed by atoms with Gasteiger partial charge in [-0.15, -0.1) is 0 Å². The first-order valence-corrected chi connectivity index (χ1v) is 7.18. The molecule has 0 saturated carbocycles. The van der Waals surface area contributed by atoms with Crippen molar-refractivity contribution in [3.63, 3.8) is 0 Å². The largest absolute Gasteiger partial charge is 0.481 e. The molecule has 0 N–H and O–H groups in total. The Bertz CT molecular complexity index is 479. The zero-order chi connectivity index (χ0) is 14.7. The summed E-state index contributed by atoms with van der Waals surface area (Å²) in [5.74, 6) is 0.878. The number of carbonyl (C=O) groups excluding carboxylic acids is 1. The van der Waals surface area contributed by atoms with Gasteiger partial charge in [-0.2, -0.15) is 0 Å². The minimum Gasteiger partial charge on any atom is -0.481 e. The Labute approximate surface area is 121 Å². The van der Waals surface area contributed by atoms with Gasteiger partial charge in [0.1, 0.15) is 5.75 Å². The Morgan fingerprint density at radius 1 is 1.20 bits per heavy atom. The fourth-order valence-electron chi connectivity index (χ4n) is 2.46. The van der Waals surface area contributed by atoms with Crippen LogP contribution in [0.2, 0.25) is 0 Å². The number of benzene rings is 1. The van der Waals surface area contributed by atoms with Crippen LogP contribution in [0.5, 0.6) is 5.75 Å². The first-order valence-electron chi connectivity index (χ1n) is 7.18. The quantitative estimate of drug-likeness (QED) is 0.844. The summed E-state index contributed by atoms with van der Waals surface area (Å²) in [5.41, 5.74) is 2.27. The van der Waals surface area contributed by atoms with E-state index in [2.05, 4.69) is 24.9 Å². The number of amides is 1. The van der Waals surface area contributed by atoms with E-state index in [0.717, 1.165) is 37.5 Å². The van der Waals surface area contributed by atoms with Crippen LogP contribution in [0, 0.1) is 13.8 Å². The van der Waals surface area contributed by atoms with Gasteiger partial charge < -0.3 is 14.5 Å². The standard InChI is InChI=1S/C16H24N2O2/c1-12-5-6-15(13(2)11-12)20-14(3)16(19)18-9-7-17(4)8-10-18/h5-6,11,14H,7-10H2,1-4H3. The molecule has 2 rings (SSSR count). The molecule has 0 spiro atoms. The van der Waals surface area contributed by atoms with E-state index in [1.54, 1.807) is 0 Å². The maximum Gasteiger partial charge on any atom is 0.263 e. The second-order valence-corrected chi connectivity index (χ2v) is 5.66. The smallest absolute Gasteiger partial charge is 0.263 e. The van der Waals surface area contributed by atoms with Crippen molar-refractivity contribution >= 4 is 5.91 Å². The molecule has 1 aliphatic rings. The summed E-state index contributed by atoms with van der Waals surface area (Å²) < 4.78 is 5.84. The molecule has 110 valence electrons. The molecule has 1 heterocycles. The molecule has 1 unspecified atom stereocenters. The molecule has 1 fully saturated rings. The third-order valence-corrected chi connectivity index (χ3v) is 3.80. The van der Waals surface area contributed by atoms with Crippen molar-refractivity contribution in [2.75, 3.05) is 33.2 Å². The number of hydrogen-bond acceptors (Lipinski definition) is 3. The van der Waals surface area contributed by atoms with E-state index in [1.807, 2.05) is 30.9 Å². The minimum atomic E-state index is -0.431. The summed E-state index contributed by atoms with van der Waals surface area (Å²) in [6.07, 6.45) is -0.431. The molecule has 0 aromatic heterocycles. The number of hydrogen-bond donors (Lipinski definition) is 0. The summed E-state index contributed by atoms with van der Waals surface area (Å²) in [6, 6.07) is 6.02. The molecule has 4 heteroatoms.